The van der Waals surface area contributed by atoms with Gasteiger partial charge in [-0.2, -0.15) is 4.68 Å². The number of halogens is 1. The van der Waals surface area contributed by atoms with Crippen LogP contribution in [0.5, 0.6) is 11.5 Å². The molecule has 35 heavy (non-hydrogen) atoms. The molecule has 4 N–H and O–H groups in total. The second-order valence-electron chi connectivity index (χ2n) is 7.97. The van der Waals surface area contributed by atoms with E-state index in [2.05, 4.69) is 15.1 Å². The van der Waals surface area contributed by atoms with Gasteiger partial charge in [-0.25, -0.2) is 14.2 Å². The van der Waals surface area contributed by atoms with Crippen molar-refractivity contribution in [3.63, 3.8) is 0 Å². The highest BCUT2D eigenvalue weighted by atomic mass is 19.1. The van der Waals surface area contributed by atoms with Crippen LogP contribution in [-0.2, 0) is 6.42 Å². The lowest BCUT2D eigenvalue weighted by Crippen LogP contribution is -2.18. The van der Waals surface area contributed by atoms with E-state index in [0.717, 1.165) is 11.1 Å². The Bertz CT molecular complexity index is 1430. The summed E-state index contributed by atoms with van der Waals surface area (Å²) >= 11 is 0. The number of aromatic amines is 1. The van der Waals surface area contributed by atoms with Gasteiger partial charge >= 0.3 is 5.69 Å². The van der Waals surface area contributed by atoms with Crippen LogP contribution < -0.4 is 20.9 Å². The van der Waals surface area contributed by atoms with E-state index in [1.54, 1.807) is 42.6 Å². The standard InChI is InChI=1S/C25H25FN6O3/c1-14-5-4-10-29-24(14)32-25(33)30-23(31-32)18(11-15-6-8-16(9-7-15)22(27)28)17-12-20(34-2)21(35-3)13-19(17)26/h4-10,12-13,18H,11H2,1-3H3,(H3,27,28)(H,30,31,33). The lowest BCUT2D eigenvalue weighted by molar-refractivity contribution is 0.351. The summed E-state index contributed by atoms with van der Waals surface area (Å²) < 4.78 is 27.1. The van der Waals surface area contributed by atoms with E-state index in [4.69, 9.17) is 20.6 Å². The Morgan fingerprint density at radius 3 is 2.49 bits per heavy atom. The third-order valence-electron chi connectivity index (χ3n) is 5.73. The summed E-state index contributed by atoms with van der Waals surface area (Å²) in [5, 5.41) is 12.1. The van der Waals surface area contributed by atoms with Gasteiger partial charge in [0.25, 0.3) is 0 Å². The van der Waals surface area contributed by atoms with Crippen molar-refractivity contribution in [2.24, 2.45) is 5.73 Å². The highest BCUT2D eigenvalue weighted by Crippen LogP contribution is 2.36. The fourth-order valence-corrected chi connectivity index (χ4v) is 3.89. The molecular formula is C25H25FN6O3. The van der Waals surface area contributed by atoms with Gasteiger partial charge in [0, 0.05) is 23.4 Å². The van der Waals surface area contributed by atoms with E-state index >= 15 is 4.39 Å². The van der Waals surface area contributed by atoms with Crippen molar-refractivity contribution in [3.8, 4) is 17.3 Å². The number of nitrogens with one attached hydrogen (secondary N) is 2. The highest BCUT2D eigenvalue weighted by Gasteiger charge is 2.26. The summed E-state index contributed by atoms with van der Waals surface area (Å²) in [7, 11) is 2.90. The molecule has 0 amide bonds. The van der Waals surface area contributed by atoms with Gasteiger partial charge in [-0.1, -0.05) is 30.3 Å². The maximum atomic E-state index is 15.3. The fourth-order valence-electron chi connectivity index (χ4n) is 3.89. The molecule has 4 aromatic rings. The molecule has 0 fully saturated rings. The van der Waals surface area contributed by atoms with E-state index < -0.39 is 17.4 Å². The third kappa shape index (κ3) is 4.77. The maximum Gasteiger partial charge on any atom is 0.349 e. The smallest absolute Gasteiger partial charge is 0.349 e. The molecule has 0 saturated heterocycles. The molecule has 180 valence electrons. The Kier molecular flexibility index (Phi) is 6.63. The number of aromatic nitrogens is 4. The molecule has 0 bridgehead atoms. The third-order valence-corrected chi connectivity index (χ3v) is 5.73. The van der Waals surface area contributed by atoms with Crippen LogP contribution >= 0.6 is 0 Å². The molecule has 0 aliphatic carbocycles. The van der Waals surface area contributed by atoms with Crippen molar-refractivity contribution >= 4 is 5.84 Å². The predicted molar refractivity (Wildman–Crippen MR) is 129 cm³/mol. The van der Waals surface area contributed by atoms with Crippen molar-refractivity contribution in [1.29, 1.82) is 5.41 Å². The van der Waals surface area contributed by atoms with E-state index in [1.165, 1.54) is 25.0 Å². The van der Waals surface area contributed by atoms with Gasteiger partial charge in [0.1, 0.15) is 17.5 Å². The molecule has 2 aromatic carbocycles. The Labute approximate surface area is 200 Å². The van der Waals surface area contributed by atoms with E-state index in [1.807, 2.05) is 13.0 Å². The SMILES string of the molecule is COc1cc(F)c(C(Cc2ccc(C(=N)N)cc2)c2nn(-c3ncccc3C)c(=O)[nH]2)cc1OC. The molecule has 0 aliphatic heterocycles. The van der Waals surface area contributed by atoms with Crippen LogP contribution in [0.1, 0.15) is 34.0 Å². The number of nitrogen functional groups attached to an aromatic ring is 1. The van der Waals surface area contributed by atoms with E-state index in [-0.39, 0.29) is 23.0 Å². The molecule has 9 nitrogen and oxygen atoms in total. The number of ether oxygens (including phenoxy) is 2. The zero-order valence-electron chi connectivity index (χ0n) is 19.5. The summed E-state index contributed by atoms with van der Waals surface area (Å²) in [6.07, 6.45) is 1.88. The zero-order valence-corrected chi connectivity index (χ0v) is 19.5. The molecule has 0 spiro atoms. The van der Waals surface area contributed by atoms with Gasteiger partial charge in [-0.05, 0) is 36.6 Å². The second kappa shape index (κ2) is 9.80. The molecule has 1 unspecified atom stereocenters. The number of nitrogens with two attached hydrogens (primary N) is 1. The summed E-state index contributed by atoms with van der Waals surface area (Å²) in [6, 6.07) is 13.4. The van der Waals surface area contributed by atoms with Crippen LogP contribution in [-0.4, -0.2) is 39.8 Å². The summed E-state index contributed by atoms with van der Waals surface area (Å²) in [5.41, 5.74) is 7.52. The average Bonchev–Trinajstić information content (AvgIpc) is 3.24. The monoisotopic (exact) mass is 476 g/mol. The van der Waals surface area contributed by atoms with E-state index in [9.17, 15) is 4.79 Å². The van der Waals surface area contributed by atoms with Gasteiger partial charge in [0.05, 0.1) is 20.1 Å². The first-order valence-corrected chi connectivity index (χ1v) is 10.8. The Balaban J connectivity index is 1.84. The highest BCUT2D eigenvalue weighted by molar-refractivity contribution is 5.94. The van der Waals surface area contributed by atoms with Gasteiger partial charge in [0.2, 0.25) is 0 Å². The molecular weight excluding hydrogens is 451 g/mol. The van der Waals surface area contributed by atoms with Crippen LogP contribution in [0.25, 0.3) is 5.82 Å². The van der Waals surface area contributed by atoms with Crippen LogP contribution in [0, 0.1) is 18.2 Å². The van der Waals surface area contributed by atoms with E-state index in [0.29, 0.717) is 23.6 Å². The van der Waals surface area contributed by atoms with Gasteiger partial charge in [-0.15, -0.1) is 5.10 Å². The van der Waals surface area contributed by atoms with Crippen LogP contribution in [0.15, 0.2) is 59.5 Å². The topological polar surface area (TPSA) is 132 Å². The average molecular weight is 477 g/mol. The van der Waals surface area contributed by atoms with Crippen LogP contribution in [0.2, 0.25) is 0 Å². The number of methoxy groups -OCH3 is 2. The number of nitrogens with zero attached hydrogens (tertiary/aromatic N) is 3. The fraction of sp³-hybridized carbons (Fsp3) is 0.200. The van der Waals surface area contributed by atoms with Gasteiger partial charge < -0.3 is 15.2 Å². The van der Waals surface area contributed by atoms with Crippen molar-refractivity contribution in [2.75, 3.05) is 14.2 Å². The summed E-state index contributed by atoms with van der Waals surface area (Å²) in [6.45, 7) is 1.82. The summed E-state index contributed by atoms with van der Waals surface area (Å²) in [5.74, 6) is 0.00463. The zero-order chi connectivity index (χ0) is 25.1. The normalized spacial score (nSPS) is 11.8. The quantitative estimate of drug-likeness (QED) is 0.265. The molecule has 2 heterocycles. The summed E-state index contributed by atoms with van der Waals surface area (Å²) in [4.78, 5) is 19.9. The van der Waals surface area contributed by atoms with Crippen molar-refractivity contribution in [1.82, 2.24) is 19.7 Å². The largest absolute Gasteiger partial charge is 0.493 e. The molecule has 0 saturated carbocycles. The Morgan fingerprint density at radius 2 is 1.86 bits per heavy atom. The number of H-pyrrole nitrogens is 1. The minimum Gasteiger partial charge on any atom is -0.493 e. The molecule has 2 aromatic heterocycles. The Hall–Kier alpha value is -4.47. The number of rotatable bonds is 8. The van der Waals surface area contributed by atoms with Crippen molar-refractivity contribution in [3.05, 3.63) is 99.1 Å². The lowest BCUT2D eigenvalue weighted by atomic mass is 9.90. The van der Waals surface area contributed by atoms with Crippen molar-refractivity contribution < 1.29 is 13.9 Å². The molecule has 0 radical (unpaired) electrons. The van der Waals surface area contributed by atoms with Gasteiger partial charge in [-0.3, -0.25) is 10.4 Å². The number of amidine groups is 1. The minimum absolute atomic E-state index is 0.0483. The molecule has 1 atom stereocenters. The first-order valence-electron chi connectivity index (χ1n) is 10.8. The van der Waals surface area contributed by atoms with Gasteiger partial charge in [0.15, 0.2) is 17.3 Å². The lowest BCUT2D eigenvalue weighted by Gasteiger charge is -2.18. The number of aryl methyl sites for hydroxylation is 1. The number of benzene rings is 2. The van der Waals surface area contributed by atoms with Crippen LogP contribution in [0.4, 0.5) is 4.39 Å². The maximum absolute atomic E-state index is 15.3. The van der Waals surface area contributed by atoms with Crippen molar-refractivity contribution in [2.45, 2.75) is 19.3 Å². The number of hydrogen-bond acceptors (Lipinski definition) is 6. The molecule has 10 heteroatoms. The number of pyridine rings is 1. The minimum atomic E-state index is -0.670. The first-order chi connectivity index (χ1) is 16.8. The Morgan fingerprint density at radius 1 is 1.17 bits per heavy atom. The van der Waals surface area contributed by atoms with Crippen LogP contribution in [0.3, 0.4) is 0 Å². The first kappa shape index (κ1) is 23.7. The second-order valence-corrected chi connectivity index (χ2v) is 7.97. The molecule has 4 rings (SSSR count). The molecule has 0 aliphatic rings. The number of hydrogen-bond donors (Lipinski definition) is 3. The predicted octanol–water partition coefficient (Wildman–Crippen LogP) is 3.08.